The van der Waals surface area contributed by atoms with Crippen LogP contribution in [0.3, 0.4) is 0 Å². The quantitative estimate of drug-likeness (QED) is 0.580. The van der Waals surface area contributed by atoms with Gasteiger partial charge in [0.2, 0.25) is 0 Å². The topological polar surface area (TPSA) is 56.6 Å². The third-order valence-electron chi connectivity index (χ3n) is 7.92. The molecule has 1 aromatic heterocycles. The number of rotatable bonds is 8. The number of aromatic nitrogens is 2. The van der Waals surface area contributed by atoms with E-state index in [0.717, 1.165) is 74.7 Å². The lowest BCUT2D eigenvalue weighted by atomic mass is 9.96. The molecule has 0 spiro atoms. The van der Waals surface area contributed by atoms with Crippen LogP contribution in [0.5, 0.6) is 0 Å². The molecular weight excluding hydrogens is 436 g/mol. The minimum Gasteiger partial charge on any atom is -0.354 e. The average molecular weight is 481 g/mol. The summed E-state index contributed by atoms with van der Waals surface area (Å²) in [7, 11) is 0. The monoisotopic (exact) mass is 480 g/mol. The van der Waals surface area contributed by atoms with Gasteiger partial charge in [-0.15, -0.1) is 0 Å². The Labute approximate surface area is 211 Å². The second-order valence-electron chi connectivity index (χ2n) is 10.2. The third kappa shape index (κ3) is 6.00. The predicted octanol–water partition coefficient (Wildman–Crippen LogP) is 4.97. The van der Waals surface area contributed by atoms with Crippen molar-refractivity contribution in [1.29, 1.82) is 0 Å². The largest absolute Gasteiger partial charge is 0.354 e. The first-order valence-electron chi connectivity index (χ1n) is 13.7. The Morgan fingerprint density at radius 1 is 1.09 bits per heavy atom. The van der Waals surface area contributed by atoms with E-state index in [0.29, 0.717) is 12.6 Å². The maximum absolute atomic E-state index is 13.5. The van der Waals surface area contributed by atoms with Gasteiger partial charge in [-0.1, -0.05) is 51.3 Å². The van der Waals surface area contributed by atoms with Crippen LogP contribution in [-0.4, -0.2) is 70.4 Å². The minimum absolute atomic E-state index is 0.0693. The molecule has 7 nitrogen and oxygen atoms in total. The third-order valence-corrected chi connectivity index (χ3v) is 7.92. The Hall–Kier alpha value is -2.54. The Morgan fingerprint density at radius 3 is 2.40 bits per heavy atom. The summed E-state index contributed by atoms with van der Waals surface area (Å²) < 4.78 is 2.10. The molecule has 0 radical (unpaired) electrons. The van der Waals surface area contributed by atoms with Crippen LogP contribution in [0.25, 0.3) is 5.69 Å². The van der Waals surface area contributed by atoms with E-state index < -0.39 is 0 Å². The number of para-hydroxylation sites is 1. The van der Waals surface area contributed by atoms with Crippen molar-refractivity contribution in [3.05, 3.63) is 41.6 Å². The number of carbonyl (C=O) groups is 1. The van der Waals surface area contributed by atoms with Crippen LogP contribution in [0.15, 0.2) is 30.3 Å². The molecule has 1 N–H and O–H groups in total. The number of nitrogens with zero attached hydrogens (tertiary/aromatic N) is 5. The Balaban J connectivity index is 1.66. The van der Waals surface area contributed by atoms with Crippen molar-refractivity contribution in [2.75, 3.05) is 37.6 Å². The van der Waals surface area contributed by atoms with Crippen molar-refractivity contribution in [2.45, 2.75) is 84.8 Å². The summed E-state index contributed by atoms with van der Waals surface area (Å²) in [5, 5.41) is 8.38. The molecule has 1 atom stereocenters. The molecule has 1 saturated carbocycles. The lowest BCUT2D eigenvalue weighted by Gasteiger charge is -2.37. The summed E-state index contributed by atoms with van der Waals surface area (Å²) >= 11 is 0. The van der Waals surface area contributed by atoms with Gasteiger partial charge in [0, 0.05) is 43.8 Å². The fourth-order valence-electron chi connectivity index (χ4n) is 5.41. The van der Waals surface area contributed by atoms with Crippen LogP contribution in [0.1, 0.15) is 70.6 Å². The van der Waals surface area contributed by atoms with Gasteiger partial charge in [0.25, 0.3) is 0 Å². The summed E-state index contributed by atoms with van der Waals surface area (Å²) in [4.78, 5) is 20.6. The summed E-state index contributed by atoms with van der Waals surface area (Å²) in [5.41, 5.74) is 3.23. The number of likely N-dealkylation sites (N-methyl/N-ethyl adjacent to an activating group) is 1. The molecule has 0 unspecified atom stereocenters. The number of benzene rings is 1. The van der Waals surface area contributed by atoms with E-state index in [1.54, 1.807) is 0 Å². The zero-order chi connectivity index (χ0) is 24.8. The van der Waals surface area contributed by atoms with E-state index in [1.807, 2.05) is 11.0 Å². The minimum atomic E-state index is 0.0693. The molecule has 1 saturated heterocycles. The van der Waals surface area contributed by atoms with E-state index in [-0.39, 0.29) is 12.1 Å². The number of carbonyl (C=O) groups excluding carboxylic acids is 1. The van der Waals surface area contributed by atoms with Gasteiger partial charge in [-0.2, -0.15) is 5.10 Å². The van der Waals surface area contributed by atoms with E-state index in [9.17, 15) is 4.79 Å². The number of nitrogens with one attached hydrogen (secondary N) is 1. The Kier molecular flexibility index (Phi) is 8.71. The van der Waals surface area contributed by atoms with Crippen LogP contribution in [0, 0.1) is 6.92 Å². The number of hydrogen-bond acceptors (Lipinski definition) is 4. The molecule has 7 heteroatoms. The lowest BCUT2D eigenvalue weighted by molar-refractivity contribution is 0.166. The molecule has 2 fully saturated rings. The van der Waals surface area contributed by atoms with Gasteiger partial charge in [0.1, 0.15) is 5.82 Å². The zero-order valence-corrected chi connectivity index (χ0v) is 22.2. The van der Waals surface area contributed by atoms with Crippen LogP contribution < -0.4 is 10.2 Å². The fourth-order valence-corrected chi connectivity index (χ4v) is 5.41. The first-order chi connectivity index (χ1) is 17.0. The van der Waals surface area contributed by atoms with Crippen molar-refractivity contribution in [3.8, 4) is 5.69 Å². The summed E-state index contributed by atoms with van der Waals surface area (Å²) in [6.45, 7) is 14.3. The second-order valence-corrected chi connectivity index (χ2v) is 10.2. The van der Waals surface area contributed by atoms with Gasteiger partial charge in [-0.3, -0.25) is 0 Å². The summed E-state index contributed by atoms with van der Waals surface area (Å²) in [6, 6.07) is 10.9. The number of piperazine rings is 1. The Morgan fingerprint density at radius 2 is 1.77 bits per heavy atom. The van der Waals surface area contributed by atoms with E-state index in [2.05, 4.69) is 71.8 Å². The van der Waals surface area contributed by atoms with E-state index in [4.69, 9.17) is 5.10 Å². The molecule has 2 aromatic rings. The predicted molar refractivity (Wildman–Crippen MR) is 143 cm³/mol. The average Bonchev–Trinajstić information content (AvgIpc) is 3.23. The molecule has 2 aliphatic rings. The standard InChI is InChI=1S/C28H44N6O/c1-5-22(3)33(28(35)29-24-13-9-7-10-14-24)21-26-23(4)30-34(25-15-11-8-12-16-25)27(26)32-19-17-31(6-2)18-20-32/h8,11-12,15-16,22,24H,5-7,9-10,13-14,17-21H2,1-4H3,(H,29,35)/t22-/m0/s1. The zero-order valence-electron chi connectivity index (χ0n) is 22.2. The fraction of sp³-hybridized carbons (Fsp3) is 0.643. The SMILES string of the molecule is CC[C@H](C)N(Cc1c(C)nn(-c2ccccc2)c1N1CCN(CC)CC1)C(=O)NC1CCCCC1. The summed E-state index contributed by atoms with van der Waals surface area (Å²) in [6.07, 6.45) is 6.83. The highest BCUT2D eigenvalue weighted by Crippen LogP contribution is 2.30. The van der Waals surface area contributed by atoms with Crippen LogP contribution >= 0.6 is 0 Å². The van der Waals surface area contributed by atoms with Gasteiger partial charge in [0.15, 0.2) is 0 Å². The maximum atomic E-state index is 13.5. The lowest BCUT2D eigenvalue weighted by Crippen LogP contribution is -2.49. The molecule has 192 valence electrons. The van der Waals surface area contributed by atoms with Crippen molar-refractivity contribution in [1.82, 2.24) is 24.9 Å². The molecule has 1 aliphatic heterocycles. The molecule has 35 heavy (non-hydrogen) atoms. The van der Waals surface area contributed by atoms with Crippen LogP contribution in [0.4, 0.5) is 10.6 Å². The normalized spacial score (nSPS) is 18.5. The van der Waals surface area contributed by atoms with Gasteiger partial charge in [-0.05, 0) is 51.8 Å². The first kappa shape index (κ1) is 25.5. The number of urea groups is 1. The molecule has 1 aromatic carbocycles. The van der Waals surface area contributed by atoms with Crippen molar-refractivity contribution < 1.29 is 4.79 Å². The van der Waals surface area contributed by atoms with Gasteiger partial charge < -0.3 is 20.0 Å². The van der Waals surface area contributed by atoms with Gasteiger partial charge in [0.05, 0.1) is 17.9 Å². The van der Waals surface area contributed by atoms with Gasteiger partial charge >= 0.3 is 6.03 Å². The maximum Gasteiger partial charge on any atom is 0.318 e. The van der Waals surface area contributed by atoms with Crippen LogP contribution in [-0.2, 0) is 6.54 Å². The second kappa shape index (κ2) is 11.9. The van der Waals surface area contributed by atoms with Crippen molar-refractivity contribution >= 4 is 11.8 Å². The van der Waals surface area contributed by atoms with Gasteiger partial charge in [-0.25, -0.2) is 9.48 Å². The molecule has 0 bridgehead atoms. The number of hydrogen-bond donors (Lipinski definition) is 1. The first-order valence-corrected chi connectivity index (χ1v) is 13.7. The van der Waals surface area contributed by atoms with E-state index in [1.165, 1.54) is 19.3 Å². The molecule has 1 aliphatic carbocycles. The molecule has 2 amide bonds. The van der Waals surface area contributed by atoms with Crippen LogP contribution in [0.2, 0.25) is 0 Å². The smallest absolute Gasteiger partial charge is 0.318 e. The van der Waals surface area contributed by atoms with E-state index >= 15 is 0 Å². The molecule has 4 rings (SSSR count). The number of amides is 2. The molecule has 2 heterocycles. The highest BCUT2D eigenvalue weighted by molar-refractivity contribution is 5.75. The van der Waals surface area contributed by atoms with Crippen molar-refractivity contribution in [3.63, 3.8) is 0 Å². The number of anilines is 1. The Bertz CT molecular complexity index is 944. The highest BCUT2D eigenvalue weighted by Gasteiger charge is 2.29. The molecular formula is C28H44N6O. The highest BCUT2D eigenvalue weighted by atomic mass is 16.2. The summed E-state index contributed by atoms with van der Waals surface area (Å²) in [5.74, 6) is 1.14. The number of aryl methyl sites for hydroxylation is 1. The van der Waals surface area contributed by atoms with Crippen molar-refractivity contribution in [2.24, 2.45) is 0 Å².